The van der Waals surface area contributed by atoms with E-state index in [4.69, 9.17) is 0 Å². The summed E-state index contributed by atoms with van der Waals surface area (Å²) in [6.07, 6.45) is 0. The van der Waals surface area contributed by atoms with Gasteiger partial charge in [0.15, 0.2) is 5.67 Å². The molecule has 88 valence electrons. The maximum Gasteiger partial charge on any atom is 0.189 e. The van der Waals surface area contributed by atoms with Crippen molar-refractivity contribution in [3.63, 3.8) is 0 Å². The number of aryl methyl sites for hydroxylation is 1. The maximum absolute atomic E-state index is 14.7. The predicted octanol–water partition coefficient (Wildman–Crippen LogP) is 4.18. The SMILES string of the molecule is Cc1ccc(C(F)(CF)c2ccccc2)cc1. The summed E-state index contributed by atoms with van der Waals surface area (Å²) in [6.45, 7) is 0.863. The molecule has 2 rings (SSSR count). The Morgan fingerprint density at radius 3 is 1.94 bits per heavy atom. The first-order valence-electron chi connectivity index (χ1n) is 5.54. The quantitative estimate of drug-likeness (QED) is 0.744. The van der Waals surface area contributed by atoms with Crippen molar-refractivity contribution in [2.75, 3.05) is 6.67 Å². The average molecular weight is 232 g/mol. The van der Waals surface area contributed by atoms with Crippen molar-refractivity contribution in [1.82, 2.24) is 0 Å². The van der Waals surface area contributed by atoms with E-state index in [1.165, 1.54) is 0 Å². The number of hydrogen-bond acceptors (Lipinski definition) is 0. The Kier molecular flexibility index (Phi) is 3.23. The van der Waals surface area contributed by atoms with Gasteiger partial charge in [-0.05, 0) is 18.1 Å². The minimum atomic E-state index is -2.05. The first kappa shape index (κ1) is 11.8. The minimum Gasteiger partial charge on any atom is -0.247 e. The number of alkyl halides is 2. The molecule has 0 amide bonds. The van der Waals surface area contributed by atoms with Gasteiger partial charge in [-0.1, -0.05) is 60.2 Å². The van der Waals surface area contributed by atoms with Gasteiger partial charge in [0, 0.05) is 0 Å². The summed E-state index contributed by atoms with van der Waals surface area (Å²) in [6, 6.07) is 15.3. The molecule has 0 aliphatic carbocycles. The zero-order valence-corrected chi connectivity index (χ0v) is 9.66. The molecule has 0 radical (unpaired) electrons. The van der Waals surface area contributed by atoms with Crippen LogP contribution in [0.2, 0.25) is 0 Å². The zero-order chi connectivity index (χ0) is 12.3. The molecule has 2 aromatic carbocycles. The number of rotatable bonds is 3. The van der Waals surface area contributed by atoms with Crippen LogP contribution in [0.1, 0.15) is 16.7 Å². The average Bonchev–Trinajstić information content (AvgIpc) is 2.40. The van der Waals surface area contributed by atoms with Crippen LogP contribution in [-0.4, -0.2) is 6.67 Å². The van der Waals surface area contributed by atoms with E-state index < -0.39 is 12.3 Å². The van der Waals surface area contributed by atoms with Gasteiger partial charge in [0.1, 0.15) is 6.67 Å². The second-order valence-corrected chi connectivity index (χ2v) is 4.17. The highest BCUT2D eigenvalue weighted by Crippen LogP contribution is 2.34. The highest BCUT2D eigenvalue weighted by Gasteiger charge is 2.34. The van der Waals surface area contributed by atoms with Crippen molar-refractivity contribution in [3.8, 4) is 0 Å². The summed E-state index contributed by atoms with van der Waals surface area (Å²) in [5, 5.41) is 0. The monoisotopic (exact) mass is 232 g/mol. The fourth-order valence-electron chi connectivity index (χ4n) is 1.84. The predicted molar refractivity (Wildman–Crippen MR) is 65.5 cm³/mol. The molecule has 0 N–H and O–H groups in total. The van der Waals surface area contributed by atoms with Crippen molar-refractivity contribution in [3.05, 3.63) is 71.3 Å². The van der Waals surface area contributed by atoms with Crippen LogP contribution < -0.4 is 0 Å². The Bertz CT molecular complexity index is 476. The third-order valence-electron chi connectivity index (χ3n) is 2.92. The fourth-order valence-corrected chi connectivity index (χ4v) is 1.84. The number of hydrogen-bond donors (Lipinski definition) is 0. The molecule has 0 nitrogen and oxygen atoms in total. The fraction of sp³-hybridized carbons (Fsp3) is 0.200. The zero-order valence-electron chi connectivity index (χ0n) is 9.66. The lowest BCUT2D eigenvalue weighted by atomic mass is 9.89. The van der Waals surface area contributed by atoms with Gasteiger partial charge in [-0.2, -0.15) is 0 Å². The Hall–Kier alpha value is -1.70. The second-order valence-electron chi connectivity index (χ2n) is 4.17. The molecule has 0 bridgehead atoms. The molecule has 0 fully saturated rings. The topological polar surface area (TPSA) is 0 Å². The molecule has 0 spiro atoms. The van der Waals surface area contributed by atoms with Crippen molar-refractivity contribution in [2.45, 2.75) is 12.6 Å². The lowest BCUT2D eigenvalue weighted by Crippen LogP contribution is -2.24. The molecule has 0 aliphatic heterocycles. The van der Waals surface area contributed by atoms with Crippen LogP contribution in [0.15, 0.2) is 54.6 Å². The third-order valence-corrected chi connectivity index (χ3v) is 2.92. The van der Waals surface area contributed by atoms with Crippen molar-refractivity contribution < 1.29 is 8.78 Å². The lowest BCUT2D eigenvalue weighted by molar-refractivity contribution is 0.167. The summed E-state index contributed by atoms with van der Waals surface area (Å²) in [5.74, 6) is 0. The van der Waals surface area contributed by atoms with E-state index in [-0.39, 0.29) is 0 Å². The van der Waals surface area contributed by atoms with Gasteiger partial charge in [-0.25, -0.2) is 8.78 Å². The van der Waals surface area contributed by atoms with Gasteiger partial charge in [0.25, 0.3) is 0 Å². The first-order valence-corrected chi connectivity index (χ1v) is 5.54. The minimum absolute atomic E-state index is 0.353. The highest BCUT2D eigenvalue weighted by atomic mass is 19.2. The van der Waals surface area contributed by atoms with Crippen LogP contribution in [0.25, 0.3) is 0 Å². The van der Waals surface area contributed by atoms with Crippen molar-refractivity contribution in [1.29, 1.82) is 0 Å². The Morgan fingerprint density at radius 1 is 0.882 bits per heavy atom. The molecular formula is C15H14F2. The van der Waals surface area contributed by atoms with Crippen molar-refractivity contribution >= 4 is 0 Å². The summed E-state index contributed by atoms with van der Waals surface area (Å²) in [5.41, 5.74) is -0.305. The van der Waals surface area contributed by atoms with Crippen LogP contribution in [0, 0.1) is 6.92 Å². The summed E-state index contributed by atoms with van der Waals surface area (Å²) >= 11 is 0. The largest absolute Gasteiger partial charge is 0.247 e. The molecule has 1 atom stereocenters. The molecule has 0 heterocycles. The van der Waals surface area contributed by atoms with E-state index in [0.29, 0.717) is 11.1 Å². The van der Waals surface area contributed by atoms with Crippen LogP contribution in [0.3, 0.4) is 0 Å². The summed E-state index contributed by atoms with van der Waals surface area (Å²) in [4.78, 5) is 0. The Labute approximate surface area is 99.9 Å². The van der Waals surface area contributed by atoms with E-state index in [0.717, 1.165) is 5.56 Å². The normalized spacial score (nSPS) is 14.3. The maximum atomic E-state index is 14.7. The van der Waals surface area contributed by atoms with Crippen LogP contribution in [-0.2, 0) is 5.67 Å². The van der Waals surface area contributed by atoms with Crippen LogP contribution in [0.4, 0.5) is 8.78 Å². The van der Waals surface area contributed by atoms with Gasteiger partial charge < -0.3 is 0 Å². The molecule has 0 aromatic heterocycles. The van der Waals surface area contributed by atoms with Crippen LogP contribution >= 0.6 is 0 Å². The van der Waals surface area contributed by atoms with Gasteiger partial charge in [0.05, 0.1) is 0 Å². The van der Waals surface area contributed by atoms with Crippen LogP contribution in [0.5, 0.6) is 0 Å². The Morgan fingerprint density at radius 2 is 1.41 bits per heavy atom. The summed E-state index contributed by atoms with van der Waals surface area (Å²) in [7, 11) is 0. The van der Waals surface area contributed by atoms with E-state index in [1.54, 1.807) is 54.6 Å². The molecular weight excluding hydrogens is 218 g/mol. The highest BCUT2D eigenvalue weighted by molar-refractivity contribution is 5.37. The molecule has 2 aromatic rings. The van der Waals surface area contributed by atoms with Gasteiger partial charge in [-0.3, -0.25) is 0 Å². The van der Waals surface area contributed by atoms with Gasteiger partial charge in [0.2, 0.25) is 0 Å². The molecule has 0 saturated carbocycles. The van der Waals surface area contributed by atoms with E-state index >= 15 is 0 Å². The smallest absolute Gasteiger partial charge is 0.189 e. The summed E-state index contributed by atoms with van der Waals surface area (Å²) < 4.78 is 27.9. The number of halogens is 2. The standard InChI is InChI=1S/C15H14F2/c1-12-7-9-14(10-8-12)15(17,11-16)13-5-3-2-4-6-13/h2-10H,11H2,1H3. The molecule has 0 aliphatic rings. The molecule has 2 heteroatoms. The number of benzene rings is 2. The molecule has 17 heavy (non-hydrogen) atoms. The van der Waals surface area contributed by atoms with E-state index in [1.807, 2.05) is 6.92 Å². The first-order chi connectivity index (χ1) is 8.16. The Balaban J connectivity index is 2.48. The third kappa shape index (κ3) is 2.21. The van der Waals surface area contributed by atoms with E-state index in [2.05, 4.69) is 0 Å². The molecule has 0 saturated heterocycles. The van der Waals surface area contributed by atoms with Crippen molar-refractivity contribution in [2.24, 2.45) is 0 Å². The van der Waals surface area contributed by atoms with E-state index in [9.17, 15) is 8.78 Å². The van der Waals surface area contributed by atoms with Gasteiger partial charge in [-0.15, -0.1) is 0 Å². The molecule has 1 unspecified atom stereocenters. The second kappa shape index (κ2) is 4.66. The lowest BCUT2D eigenvalue weighted by Gasteiger charge is -2.23. The van der Waals surface area contributed by atoms with Gasteiger partial charge >= 0.3 is 0 Å².